The minimum absolute atomic E-state index is 0.516. The fourth-order valence-corrected chi connectivity index (χ4v) is 2.52. The average molecular weight is 294 g/mol. The first-order valence-electron chi connectivity index (χ1n) is 7.97. The second-order valence-corrected chi connectivity index (χ2v) is 5.66. The van der Waals surface area contributed by atoms with Gasteiger partial charge >= 0.3 is 0 Å². The van der Waals surface area contributed by atoms with Crippen molar-refractivity contribution in [3.05, 3.63) is 11.9 Å². The summed E-state index contributed by atoms with van der Waals surface area (Å²) >= 11 is 0. The average Bonchev–Trinajstić information content (AvgIpc) is 2.43. The van der Waals surface area contributed by atoms with Crippen LogP contribution in [0, 0.1) is 0 Å². The summed E-state index contributed by atoms with van der Waals surface area (Å²) in [6.07, 6.45) is 2.42. The number of ether oxygens (including phenoxy) is 1. The van der Waals surface area contributed by atoms with Crippen LogP contribution in [0.1, 0.15) is 47.1 Å². The molecule has 1 aromatic rings. The molecule has 21 heavy (non-hydrogen) atoms. The zero-order valence-electron chi connectivity index (χ0n) is 14.3. The van der Waals surface area contributed by atoms with Gasteiger partial charge in [0, 0.05) is 25.2 Å². The van der Waals surface area contributed by atoms with E-state index in [1.54, 1.807) is 6.33 Å². The molecule has 1 heterocycles. The Kier molecular flexibility index (Phi) is 7.43. The first-order chi connectivity index (χ1) is 10.0. The molecule has 0 saturated carbocycles. The molecule has 0 aliphatic rings. The first-order valence-corrected chi connectivity index (χ1v) is 7.97. The molecule has 0 unspecified atom stereocenters. The van der Waals surface area contributed by atoms with Crippen molar-refractivity contribution in [1.29, 1.82) is 0 Å². The molecule has 0 amide bonds. The minimum atomic E-state index is 0.516. The summed E-state index contributed by atoms with van der Waals surface area (Å²) in [5, 5.41) is 3.26. The summed E-state index contributed by atoms with van der Waals surface area (Å²) in [6.45, 7) is 15.4. The van der Waals surface area contributed by atoms with Crippen molar-refractivity contribution >= 4 is 5.82 Å². The van der Waals surface area contributed by atoms with E-state index in [4.69, 9.17) is 4.74 Å². The van der Waals surface area contributed by atoms with Gasteiger partial charge < -0.3 is 10.1 Å². The van der Waals surface area contributed by atoms with Crippen molar-refractivity contribution in [2.75, 3.05) is 25.0 Å². The fourth-order valence-electron chi connectivity index (χ4n) is 2.52. The number of hydrogen-bond acceptors (Lipinski definition) is 5. The SMILES string of the molecule is CCNc1ncnc(OCCN(C(C)C)C(C)C)c1CC. The Morgan fingerprint density at radius 2 is 1.81 bits per heavy atom. The van der Waals surface area contributed by atoms with Crippen LogP contribution >= 0.6 is 0 Å². The molecule has 0 aliphatic heterocycles. The summed E-state index contributed by atoms with van der Waals surface area (Å²) in [5.41, 5.74) is 1.06. The van der Waals surface area contributed by atoms with Gasteiger partial charge in [-0.15, -0.1) is 0 Å². The second kappa shape index (κ2) is 8.82. The Labute approximate surface area is 129 Å². The van der Waals surface area contributed by atoms with E-state index < -0.39 is 0 Å². The van der Waals surface area contributed by atoms with Crippen LogP contribution in [0.15, 0.2) is 6.33 Å². The van der Waals surface area contributed by atoms with E-state index in [1.165, 1.54) is 0 Å². The molecule has 5 heteroatoms. The van der Waals surface area contributed by atoms with E-state index in [1.807, 2.05) is 0 Å². The van der Waals surface area contributed by atoms with Gasteiger partial charge in [0.15, 0.2) is 0 Å². The highest BCUT2D eigenvalue weighted by Gasteiger charge is 2.14. The van der Waals surface area contributed by atoms with E-state index in [9.17, 15) is 0 Å². The summed E-state index contributed by atoms with van der Waals surface area (Å²) in [7, 11) is 0. The van der Waals surface area contributed by atoms with Crippen LogP contribution in [0.25, 0.3) is 0 Å². The third-order valence-electron chi connectivity index (χ3n) is 3.52. The monoisotopic (exact) mass is 294 g/mol. The lowest BCUT2D eigenvalue weighted by Crippen LogP contribution is -2.39. The molecule has 0 radical (unpaired) electrons. The minimum Gasteiger partial charge on any atom is -0.476 e. The maximum absolute atomic E-state index is 5.91. The molecule has 1 rings (SSSR count). The van der Waals surface area contributed by atoms with Gasteiger partial charge in [-0.25, -0.2) is 9.97 Å². The lowest BCUT2D eigenvalue weighted by molar-refractivity contribution is 0.139. The molecule has 0 spiro atoms. The van der Waals surface area contributed by atoms with Gasteiger partial charge in [0.05, 0.1) is 5.56 Å². The maximum atomic E-state index is 5.91. The Balaban J connectivity index is 2.68. The molecular weight excluding hydrogens is 264 g/mol. The zero-order valence-corrected chi connectivity index (χ0v) is 14.3. The van der Waals surface area contributed by atoms with Crippen LogP contribution < -0.4 is 10.1 Å². The van der Waals surface area contributed by atoms with E-state index in [0.717, 1.165) is 30.9 Å². The number of nitrogens with one attached hydrogen (secondary N) is 1. The predicted octanol–water partition coefficient (Wildman–Crippen LogP) is 2.97. The van der Waals surface area contributed by atoms with Gasteiger partial charge in [-0.1, -0.05) is 6.92 Å². The van der Waals surface area contributed by atoms with E-state index in [2.05, 4.69) is 61.7 Å². The zero-order chi connectivity index (χ0) is 15.8. The van der Waals surface area contributed by atoms with Crippen molar-refractivity contribution in [3.63, 3.8) is 0 Å². The molecule has 0 saturated heterocycles. The molecule has 0 bridgehead atoms. The summed E-state index contributed by atoms with van der Waals surface area (Å²) < 4.78 is 5.91. The van der Waals surface area contributed by atoms with Crippen molar-refractivity contribution in [1.82, 2.24) is 14.9 Å². The number of hydrogen-bond donors (Lipinski definition) is 1. The molecule has 120 valence electrons. The van der Waals surface area contributed by atoms with Crippen molar-refractivity contribution in [2.45, 2.75) is 60.0 Å². The Bertz CT molecular complexity index is 413. The smallest absolute Gasteiger partial charge is 0.221 e. The van der Waals surface area contributed by atoms with E-state index >= 15 is 0 Å². The molecule has 0 atom stereocenters. The second-order valence-electron chi connectivity index (χ2n) is 5.66. The highest BCUT2D eigenvalue weighted by Crippen LogP contribution is 2.22. The van der Waals surface area contributed by atoms with Crippen molar-refractivity contribution < 1.29 is 4.74 Å². The van der Waals surface area contributed by atoms with Gasteiger partial charge in [0.1, 0.15) is 18.8 Å². The van der Waals surface area contributed by atoms with Crippen LogP contribution in [-0.2, 0) is 6.42 Å². The third kappa shape index (κ3) is 5.16. The third-order valence-corrected chi connectivity index (χ3v) is 3.52. The van der Waals surface area contributed by atoms with Crippen LogP contribution in [0.2, 0.25) is 0 Å². The van der Waals surface area contributed by atoms with Gasteiger partial charge in [-0.3, -0.25) is 4.90 Å². The highest BCUT2D eigenvalue weighted by atomic mass is 16.5. The van der Waals surface area contributed by atoms with Crippen LogP contribution in [0.3, 0.4) is 0 Å². The maximum Gasteiger partial charge on any atom is 0.221 e. The molecule has 1 N–H and O–H groups in total. The Morgan fingerprint density at radius 3 is 2.33 bits per heavy atom. The van der Waals surface area contributed by atoms with Crippen LogP contribution in [-0.4, -0.2) is 46.6 Å². The van der Waals surface area contributed by atoms with Crippen LogP contribution in [0.4, 0.5) is 5.82 Å². The topological polar surface area (TPSA) is 50.3 Å². The lowest BCUT2D eigenvalue weighted by atomic mass is 10.2. The molecule has 1 aromatic heterocycles. The van der Waals surface area contributed by atoms with E-state index in [-0.39, 0.29) is 0 Å². The van der Waals surface area contributed by atoms with Gasteiger partial charge in [-0.2, -0.15) is 0 Å². The van der Waals surface area contributed by atoms with Crippen LogP contribution in [0.5, 0.6) is 5.88 Å². The van der Waals surface area contributed by atoms with E-state index in [0.29, 0.717) is 24.6 Å². The summed E-state index contributed by atoms with van der Waals surface area (Å²) in [6, 6.07) is 1.03. The standard InChI is InChI=1S/C16H30N4O/c1-7-14-15(17-8-2)18-11-19-16(14)21-10-9-20(12(3)4)13(5)6/h11-13H,7-10H2,1-6H3,(H,17,18,19). The molecule has 0 fully saturated rings. The predicted molar refractivity (Wildman–Crippen MR) is 88.0 cm³/mol. The normalized spacial score (nSPS) is 11.5. The molecule has 0 aromatic carbocycles. The largest absolute Gasteiger partial charge is 0.476 e. The number of anilines is 1. The number of aromatic nitrogens is 2. The highest BCUT2D eigenvalue weighted by molar-refractivity contribution is 5.48. The van der Waals surface area contributed by atoms with Crippen molar-refractivity contribution in [2.24, 2.45) is 0 Å². The molecule has 0 aliphatic carbocycles. The van der Waals surface area contributed by atoms with Gasteiger partial charge in [0.25, 0.3) is 0 Å². The molecule has 5 nitrogen and oxygen atoms in total. The lowest BCUT2D eigenvalue weighted by Gasteiger charge is -2.30. The van der Waals surface area contributed by atoms with Gasteiger partial charge in [-0.05, 0) is 41.0 Å². The Morgan fingerprint density at radius 1 is 1.14 bits per heavy atom. The number of rotatable bonds is 9. The Hall–Kier alpha value is -1.36. The molecular formula is C16H30N4O. The fraction of sp³-hybridized carbons (Fsp3) is 0.750. The summed E-state index contributed by atoms with van der Waals surface area (Å²) in [5.74, 6) is 1.59. The van der Waals surface area contributed by atoms with Crippen molar-refractivity contribution in [3.8, 4) is 5.88 Å². The quantitative estimate of drug-likeness (QED) is 0.759. The first kappa shape index (κ1) is 17.7. The van der Waals surface area contributed by atoms with Gasteiger partial charge in [0.2, 0.25) is 5.88 Å². The summed E-state index contributed by atoms with van der Waals surface area (Å²) in [4.78, 5) is 11.0. The number of nitrogens with zero attached hydrogens (tertiary/aromatic N) is 3.